The molecule has 1 aliphatic rings. The molecule has 0 saturated carbocycles. The van der Waals surface area contributed by atoms with Gasteiger partial charge in [-0.3, -0.25) is 9.59 Å². The van der Waals surface area contributed by atoms with E-state index in [-0.39, 0.29) is 23.8 Å². The summed E-state index contributed by atoms with van der Waals surface area (Å²) in [6.07, 6.45) is 4.25. The molecule has 1 aromatic carbocycles. The molecule has 2 amide bonds. The molecule has 0 unspecified atom stereocenters. The Morgan fingerprint density at radius 2 is 1.96 bits per heavy atom. The number of hydrogen-bond acceptors (Lipinski definition) is 4. The van der Waals surface area contributed by atoms with Crippen LogP contribution in [0.3, 0.4) is 0 Å². The number of hydrogen-bond donors (Lipinski definition) is 3. The fraction of sp³-hybridized carbons (Fsp3) is 0.619. The van der Waals surface area contributed by atoms with E-state index in [0.29, 0.717) is 17.8 Å². The van der Waals surface area contributed by atoms with Crippen molar-refractivity contribution in [2.45, 2.75) is 52.5 Å². The summed E-state index contributed by atoms with van der Waals surface area (Å²) in [5.74, 6) is 0.105. The highest BCUT2D eigenvalue weighted by Gasteiger charge is 2.29. The second kappa shape index (κ2) is 10.3. The van der Waals surface area contributed by atoms with Gasteiger partial charge in [-0.25, -0.2) is 0 Å². The van der Waals surface area contributed by atoms with Gasteiger partial charge in [0, 0.05) is 12.1 Å². The van der Waals surface area contributed by atoms with E-state index in [1.807, 2.05) is 6.07 Å². The Labute approximate surface area is 163 Å². The predicted octanol–water partition coefficient (Wildman–Crippen LogP) is 3.32. The lowest BCUT2D eigenvalue weighted by Gasteiger charge is -2.30. The predicted molar refractivity (Wildman–Crippen MR) is 111 cm³/mol. The molecule has 0 aromatic heterocycles. The van der Waals surface area contributed by atoms with Crippen LogP contribution in [0.4, 0.5) is 11.4 Å². The summed E-state index contributed by atoms with van der Waals surface area (Å²) in [7, 11) is 2.11. The number of nitrogens with one attached hydrogen (secondary N) is 3. The Hall–Kier alpha value is -2.08. The third-order valence-electron chi connectivity index (χ3n) is 5.24. The number of benzene rings is 1. The van der Waals surface area contributed by atoms with Crippen LogP contribution in [0.5, 0.6) is 0 Å². The zero-order chi connectivity index (χ0) is 19.8. The van der Waals surface area contributed by atoms with Gasteiger partial charge in [0.1, 0.15) is 6.04 Å². The third-order valence-corrected chi connectivity index (χ3v) is 5.24. The smallest absolute Gasteiger partial charge is 0.251 e. The summed E-state index contributed by atoms with van der Waals surface area (Å²) >= 11 is 0. The fourth-order valence-corrected chi connectivity index (χ4v) is 3.19. The molecule has 3 N–H and O–H groups in total. The zero-order valence-electron chi connectivity index (χ0n) is 17.1. The van der Waals surface area contributed by atoms with Crippen molar-refractivity contribution in [3.05, 3.63) is 23.8 Å². The first-order valence-electron chi connectivity index (χ1n) is 10.1. The number of nitrogens with zero attached hydrogens (tertiary/aromatic N) is 1. The van der Waals surface area contributed by atoms with Gasteiger partial charge in [-0.2, -0.15) is 0 Å². The van der Waals surface area contributed by atoms with Crippen molar-refractivity contribution in [2.24, 2.45) is 5.92 Å². The van der Waals surface area contributed by atoms with Crippen LogP contribution in [0.2, 0.25) is 0 Å². The van der Waals surface area contributed by atoms with Crippen LogP contribution in [0.15, 0.2) is 18.2 Å². The van der Waals surface area contributed by atoms with Crippen LogP contribution < -0.4 is 16.0 Å². The first-order valence-corrected chi connectivity index (χ1v) is 10.1. The number of anilines is 2. The Morgan fingerprint density at radius 3 is 2.67 bits per heavy atom. The van der Waals surface area contributed by atoms with E-state index in [1.54, 1.807) is 12.1 Å². The highest BCUT2D eigenvalue weighted by atomic mass is 16.2. The van der Waals surface area contributed by atoms with Gasteiger partial charge in [-0.05, 0) is 57.1 Å². The Kier molecular flexibility index (Phi) is 8.10. The lowest BCUT2D eigenvalue weighted by Crippen LogP contribution is -2.43. The van der Waals surface area contributed by atoms with Crippen molar-refractivity contribution in [2.75, 3.05) is 37.3 Å². The topological polar surface area (TPSA) is 73.5 Å². The molecular formula is C21H34N4O2. The molecule has 1 aliphatic heterocycles. The molecule has 0 bridgehead atoms. The van der Waals surface area contributed by atoms with E-state index in [1.165, 1.54) is 12.8 Å². The molecule has 0 aliphatic carbocycles. The van der Waals surface area contributed by atoms with Crippen molar-refractivity contribution in [3.63, 3.8) is 0 Å². The lowest BCUT2D eigenvalue weighted by molar-refractivity contribution is -0.118. The summed E-state index contributed by atoms with van der Waals surface area (Å²) in [4.78, 5) is 27.0. The van der Waals surface area contributed by atoms with Crippen molar-refractivity contribution in [1.29, 1.82) is 0 Å². The first-order chi connectivity index (χ1) is 13.0. The van der Waals surface area contributed by atoms with E-state index in [0.717, 1.165) is 31.6 Å². The van der Waals surface area contributed by atoms with Gasteiger partial charge in [0.05, 0.1) is 11.4 Å². The van der Waals surface area contributed by atoms with Crippen molar-refractivity contribution < 1.29 is 9.59 Å². The fourth-order valence-electron chi connectivity index (χ4n) is 3.19. The minimum absolute atomic E-state index is 0.0375. The van der Waals surface area contributed by atoms with Crippen molar-refractivity contribution in [1.82, 2.24) is 10.2 Å². The molecule has 0 spiro atoms. The number of amides is 2. The average Bonchev–Trinajstić information content (AvgIpc) is 2.67. The van der Waals surface area contributed by atoms with Crippen molar-refractivity contribution in [3.8, 4) is 0 Å². The molecule has 150 valence electrons. The number of unbranched alkanes of at least 4 members (excludes halogenated alkanes) is 1. The molecule has 27 heavy (non-hydrogen) atoms. The maximum atomic E-state index is 12.4. The summed E-state index contributed by atoms with van der Waals surface area (Å²) in [5.41, 5.74) is 2.11. The van der Waals surface area contributed by atoms with Crippen LogP contribution in [-0.4, -0.2) is 49.4 Å². The number of rotatable bonds is 10. The number of fused-ring (bicyclic) bond motifs is 1. The molecule has 2 atom stereocenters. The second-order valence-corrected chi connectivity index (χ2v) is 7.52. The van der Waals surface area contributed by atoms with Gasteiger partial charge >= 0.3 is 0 Å². The largest absolute Gasteiger partial charge is 0.372 e. The van der Waals surface area contributed by atoms with Crippen molar-refractivity contribution >= 4 is 23.2 Å². The standard InChI is InChI=1S/C21H34N4O2/c1-5-7-12-25(4)13-8-11-22-20(26)16-9-10-17-18(14-16)24-21(27)19(23-17)15(3)6-2/h9-10,14-15,19,23H,5-8,11-13H2,1-4H3,(H,22,26)(H,24,27)/t15-,19-/m0/s1. The summed E-state index contributed by atoms with van der Waals surface area (Å²) in [5, 5.41) is 9.20. The SMILES string of the molecule is CCCCN(C)CCCNC(=O)c1ccc2c(c1)NC(=O)[C@H]([C@@H](C)CC)N2. The normalized spacial score (nSPS) is 17.1. The maximum absolute atomic E-state index is 12.4. The van der Waals surface area contributed by atoms with E-state index >= 15 is 0 Å². The van der Waals surface area contributed by atoms with E-state index in [2.05, 4.69) is 48.7 Å². The Bertz CT molecular complexity index is 647. The van der Waals surface area contributed by atoms with Gasteiger partial charge < -0.3 is 20.9 Å². The zero-order valence-corrected chi connectivity index (χ0v) is 17.1. The monoisotopic (exact) mass is 374 g/mol. The number of carbonyl (C=O) groups is 2. The minimum atomic E-state index is -0.230. The highest BCUT2D eigenvalue weighted by molar-refractivity contribution is 6.05. The molecule has 0 fully saturated rings. The van der Waals surface area contributed by atoms with E-state index in [9.17, 15) is 9.59 Å². The molecule has 6 heteroatoms. The molecule has 0 saturated heterocycles. The second-order valence-electron chi connectivity index (χ2n) is 7.52. The Balaban J connectivity index is 1.87. The molecule has 6 nitrogen and oxygen atoms in total. The van der Waals surface area contributed by atoms with Crippen LogP contribution in [-0.2, 0) is 4.79 Å². The molecule has 0 radical (unpaired) electrons. The summed E-state index contributed by atoms with van der Waals surface area (Å²) < 4.78 is 0. The summed E-state index contributed by atoms with van der Waals surface area (Å²) in [6, 6.07) is 5.19. The van der Waals surface area contributed by atoms with Crippen LogP contribution in [0.1, 0.15) is 56.8 Å². The maximum Gasteiger partial charge on any atom is 0.251 e. The van der Waals surface area contributed by atoms with Gasteiger partial charge in [0.25, 0.3) is 5.91 Å². The van der Waals surface area contributed by atoms with Gasteiger partial charge in [0.2, 0.25) is 5.91 Å². The van der Waals surface area contributed by atoms with Crippen LogP contribution >= 0.6 is 0 Å². The van der Waals surface area contributed by atoms with E-state index in [4.69, 9.17) is 0 Å². The average molecular weight is 375 g/mol. The third kappa shape index (κ3) is 5.96. The molecular weight excluding hydrogens is 340 g/mol. The van der Waals surface area contributed by atoms with Crippen LogP contribution in [0, 0.1) is 5.92 Å². The lowest BCUT2D eigenvalue weighted by atomic mass is 9.95. The van der Waals surface area contributed by atoms with E-state index < -0.39 is 0 Å². The highest BCUT2D eigenvalue weighted by Crippen LogP contribution is 2.30. The Morgan fingerprint density at radius 1 is 1.22 bits per heavy atom. The van der Waals surface area contributed by atoms with Gasteiger partial charge in [0.15, 0.2) is 0 Å². The van der Waals surface area contributed by atoms with Gasteiger partial charge in [-0.1, -0.05) is 33.6 Å². The number of carbonyl (C=O) groups excluding carboxylic acids is 2. The minimum Gasteiger partial charge on any atom is -0.372 e. The van der Waals surface area contributed by atoms with Crippen LogP contribution in [0.25, 0.3) is 0 Å². The molecule has 2 rings (SSSR count). The molecule has 1 aromatic rings. The van der Waals surface area contributed by atoms with Gasteiger partial charge in [-0.15, -0.1) is 0 Å². The first kappa shape index (κ1) is 21.2. The summed E-state index contributed by atoms with van der Waals surface area (Å²) in [6.45, 7) is 9.04. The molecule has 1 heterocycles. The quantitative estimate of drug-likeness (QED) is 0.549.